The summed E-state index contributed by atoms with van der Waals surface area (Å²) in [6.45, 7) is 6.18. The lowest BCUT2D eigenvalue weighted by Crippen LogP contribution is -2.46. The van der Waals surface area contributed by atoms with Gasteiger partial charge in [0, 0.05) is 45.3 Å². The highest BCUT2D eigenvalue weighted by atomic mass is 16.5. The number of nitrogens with zero attached hydrogens (tertiary/aromatic N) is 4. The maximum Gasteiger partial charge on any atom is 0.229 e. The molecule has 0 N–H and O–H groups in total. The number of benzene rings is 1. The first kappa shape index (κ1) is 17.3. The Balaban J connectivity index is 1.32. The standard InChI is InChI=1S/C19H26N4O3/c1-24-17-5-3-2-4-16(17)23-10-8-22(9-11-23)14-18-20-19(26-21-18)15-6-12-25-13-7-15/h2-5,15H,6-14H2,1H3. The Bertz CT molecular complexity index is 706. The smallest absolute Gasteiger partial charge is 0.229 e. The van der Waals surface area contributed by atoms with Gasteiger partial charge in [-0.25, -0.2) is 0 Å². The van der Waals surface area contributed by atoms with Crippen LogP contribution in [-0.4, -0.2) is 61.5 Å². The molecule has 140 valence electrons. The van der Waals surface area contributed by atoms with Gasteiger partial charge < -0.3 is 18.9 Å². The van der Waals surface area contributed by atoms with E-state index in [1.54, 1.807) is 7.11 Å². The Morgan fingerprint density at radius 2 is 1.88 bits per heavy atom. The number of piperazine rings is 1. The number of hydrogen-bond donors (Lipinski definition) is 0. The summed E-state index contributed by atoms with van der Waals surface area (Å²) >= 11 is 0. The Morgan fingerprint density at radius 1 is 1.12 bits per heavy atom. The zero-order chi connectivity index (χ0) is 17.8. The minimum Gasteiger partial charge on any atom is -0.495 e. The average Bonchev–Trinajstić information content (AvgIpc) is 3.18. The molecule has 0 atom stereocenters. The van der Waals surface area contributed by atoms with Gasteiger partial charge >= 0.3 is 0 Å². The van der Waals surface area contributed by atoms with Crippen LogP contribution in [0.5, 0.6) is 5.75 Å². The summed E-state index contributed by atoms with van der Waals surface area (Å²) in [4.78, 5) is 9.38. The van der Waals surface area contributed by atoms with E-state index in [0.29, 0.717) is 5.92 Å². The molecule has 0 bridgehead atoms. The van der Waals surface area contributed by atoms with Gasteiger partial charge in [-0.2, -0.15) is 4.98 Å². The third kappa shape index (κ3) is 3.83. The maximum atomic E-state index is 5.50. The van der Waals surface area contributed by atoms with Gasteiger partial charge in [0.15, 0.2) is 5.82 Å². The quantitative estimate of drug-likeness (QED) is 0.812. The van der Waals surface area contributed by atoms with E-state index in [1.165, 1.54) is 0 Å². The first-order valence-corrected chi connectivity index (χ1v) is 9.34. The molecule has 2 fully saturated rings. The van der Waals surface area contributed by atoms with Crippen molar-refractivity contribution < 1.29 is 14.0 Å². The highest BCUT2D eigenvalue weighted by Gasteiger charge is 2.24. The zero-order valence-electron chi connectivity index (χ0n) is 15.3. The zero-order valence-corrected chi connectivity index (χ0v) is 15.3. The molecule has 4 rings (SSSR count). The van der Waals surface area contributed by atoms with Crippen molar-refractivity contribution >= 4 is 5.69 Å². The monoisotopic (exact) mass is 358 g/mol. The second-order valence-electron chi connectivity index (χ2n) is 6.87. The SMILES string of the molecule is COc1ccccc1N1CCN(Cc2noc(C3CCOCC3)n2)CC1. The van der Waals surface area contributed by atoms with Gasteiger partial charge in [0.25, 0.3) is 0 Å². The second-order valence-corrected chi connectivity index (χ2v) is 6.87. The van der Waals surface area contributed by atoms with Crippen LogP contribution in [0.4, 0.5) is 5.69 Å². The third-order valence-electron chi connectivity index (χ3n) is 5.22. The summed E-state index contributed by atoms with van der Waals surface area (Å²) in [5.74, 6) is 2.85. The van der Waals surface area contributed by atoms with Crippen molar-refractivity contribution in [3.63, 3.8) is 0 Å². The van der Waals surface area contributed by atoms with Crippen LogP contribution in [-0.2, 0) is 11.3 Å². The average molecular weight is 358 g/mol. The molecule has 0 unspecified atom stereocenters. The van der Waals surface area contributed by atoms with Crippen molar-refractivity contribution in [3.05, 3.63) is 36.0 Å². The molecule has 2 aliphatic heterocycles. The minimum atomic E-state index is 0.354. The molecule has 0 amide bonds. The first-order valence-electron chi connectivity index (χ1n) is 9.34. The van der Waals surface area contributed by atoms with Crippen molar-refractivity contribution in [2.45, 2.75) is 25.3 Å². The number of methoxy groups -OCH3 is 1. The van der Waals surface area contributed by atoms with E-state index < -0.39 is 0 Å². The topological polar surface area (TPSA) is 63.9 Å². The summed E-state index contributed by atoms with van der Waals surface area (Å²) in [5.41, 5.74) is 1.16. The Hall–Kier alpha value is -2.12. The van der Waals surface area contributed by atoms with E-state index in [9.17, 15) is 0 Å². The van der Waals surface area contributed by atoms with Crippen LogP contribution in [0.1, 0.15) is 30.5 Å². The summed E-state index contributed by atoms with van der Waals surface area (Å²) in [5, 5.41) is 4.19. The number of hydrogen-bond acceptors (Lipinski definition) is 7. The number of ether oxygens (including phenoxy) is 2. The van der Waals surface area contributed by atoms with Gasteiger partial charge in [-0.1, -0.05) is 17.3 Å². The molecule has 0 radical (unpaired) electrons. The largest absolute Gasteiger partial charge is 0.495 e. The lowest BCUT2D eigenvalue weighted by atomic mass is 10.0. The number of aromatic nitrogens is 2. The van der Waals surface area contributed by atoms with Crippen LogP contribution in [0.3, 0.4) is 0 Å². The van der Waals surface area contributed by atoms with Crippen molar-refractivity contribution in [2.24, 2.45) is 0 Å². The highest BCUT2D eigenvalue weighted by Crippen LogP contribution is 2.29. The molecule has 0 aliphatic carbocycles. The number of para-hydroxylation sites is 2. The second kappa shape index (κ2) is 8.05. The predicted molar refractivity (Wildman–Crippen MR) is 97.6 cm³/mol. The first-order chi connectivity index (χ1) is 12.8. The number of anilines is 1. The van der Waals surface area contributed by atoms with Gasteiger partial charge in [-0.15, -0.1) is 0 Å². The van der Waals surface area contributed by atoms with Crippen molar-refractivity contribution in [3.8, 4) is 5.75 Å². The molecule has 2 aromatic rings. The molecular formula is C19H26N4O3. The van der Waals surface area contributed by atoms with Gasteiger partial charge in [0.1, 0.15) is 5.75 Å². The van der Waals surface area contributed by atoms with Gasteiger partial charge in [0.2, 0.25) is 5.89 Å². The van der Waals surface area contributed by atoms with E-state index in [2.05, 4.69) is 32.1 Å². The molecule has 1 aromatic carbocycles. The van der Waals surface area contributed by atoms with E-state index in [4.69, 9.17) is 14.0 Å². The molecule has 26 heavy (non-hydrogen) atoms. The summed E-state index contributed by atoms with van der Waals surface area (Å²) in [6, 6.07) is 8.19. The van der Waals surface area contributed by atoms with Crippen LogP contribution in [0.15, 0.2) is 28.8 Å². The molecule has 0 spiro atoms. The molecule has 0 saturated carbocycles. The molecule has 1 aromatic heterocycles. The normalized spacial score (nSPS) is 19.7. The van der Waals surface area contributed by atoms with Crippen LogP contribution < -0.4 is 9.64 Å². The maximum absolute atomic E-state index is 5.50. The molecule has 3 heterocycles. The third-order valence-corrected chi connectivity index (χ3v) is 5.22. The Morgan fingerprint density at radius 3 is 2.65 bits per heavy atom. The van der Waals surface area contributed by atoms with Crippen molar-refractivity contribution in [2.75, 3.05) is 51.4 Å². The lowest BCUT2D eigenvalue weighted by molar-refractivity contribution is 0.0778. The fourth-order valence-corrected chi connectivity index (χ4v) is 3.68. The van der Waals surface area contributed by atoms with Gasteiger partial charge in [-0.3, -0.25) is 4.90 Å². The fraction of sp³-hybridized carbons (Fsp3) is 0.579. The molecular weight excluding hydrogens is 332 g/mol. The molecule has 7 nitrogen and oxygen atoms in total. The highest BCUT2D eigenvalue weighted by molar-refractivity contribution is 5.58. The van der Waals surface area contributed by atoms with Crippen LogP contribution in [0.2, 0.25) is 0 Å². The summed E-state index contributed by atoms with van der Waals surface area (Å²) in [7, 11) is 1.72. The Kier molecular flexibility index (Phi) is 5.36. The molecule has 2 saturated heterocycles. The summed E-state index contributed by atoms with van der Waals surface area (Å²) < 4.78 is 16.4. The van der Waals surface area contributed by atoms with Crippen LogP contribution in [0, 0.1) is 0 Å². The lowest BCUT2D eigenvalue weighted by Gasteiger charge is -2.36. The fourth-order valence-electron chi connectivity index (χ4n) is 3.68. The molecule has 2 aliphatic rings. The van der Waals surface area contributed by atoms with Crippen LogP contribution >= 0.6 is 0 Å². The summed E-state index contributed by atoms with van der Waals surface area (Å²) in [6.07, 6.45) is 1.94. The van der Waals surface area contributed by atoms with Gasteiger partial charge in [-0.05, 0) is 25.0 Å². The Labute approximate surface area is 153 Å². The number of rotatable bonds is 5. The van der Waals surface area contributed by atoms with Crippen LogP contribution in [0.25, 0.3) is 0 Å². The molecule has 7 heteroatoms. The van der Waals surface area contributed by atoms with Gasteiger partial charge in [0.05, 0.1) is 19.3 Å². The van der Waals surface area contributed by atoms with Crippen molar-refractivity contribution in [1.82, 2.24) is 15.0 Å². The van der Waals surface area contributed by atoms with E-state index in [0.717, 1.165) is 81.9 Å². The minimum absolute atomic E-state index is 0.354. The van der Waals surface area contributed by atoms with Crippen molar-refractivity contribution in [1.29, 1.82) is 0 Å². The van der Waals surface area contributed by atoms with E-state index in [-0.39, 0.29) is 0 Å². The van der Waals surface area contributed by atoms with E-state index >= 15 is 0 Å². The van der Waals surface area contributed by atoms with E-state index in [1.807, 2.05) is 12.1 Å². The predicted octanol–water partition coefficient (Wildman–Crippen LogP) is 2.29.